The highest BCUT2D eigenvalue weighted by molar-refractivity contribution is 6.17. The van der Waals surface area contributed by atoms with Crippen LogP contribution in [0.3, 0.4) is 0 Å². The second-order valence-corrected chi connectivity index (χ2v) is 8.65. The van der Waals surface area contributed by atoms with Crippen molar-refractivity contribution in [1.82, 2.24) is 9.97 Å². The predicted molar refractivity (Wildman–Crippen MR) is 132 cm³/mol. The largest absolute Gasteiger partial charge is 0.381 e. The summed E-state index contributed by atoms with van der Waals surface area (Å²) in [4.78, 5) is 26.1. The van der Waals surface area contributed by atoms with E-state index in [0.29, 0.717) is 31.9 Å². The molecule has 168 valence electrons. The molecule has 2 radical (unpaired) electrons. The summed E-state index contributed by atoms with van der Waals surface area (Å²) in [6.45, 7) is 3.17. The van der Waals surface area contributed by atoms with Crippen LogP contribution in [0.25, 0.3) is 11.1 Å². The normalized spacial score (nSPS) is 15.1. The first kappa shape index (κ1) is 23.0. The van der Waals surface area contributed by atoms with Crippen LogP contribution in [0.15, 0.2) is 60.9 Å². The number of ether oxygens (including phenoxy) is 1. The van der Waals surface area contributed by atoms with Gasteiger partial charge in [-0.1, -0.05) is 24.3 Å². The van der Waals surface area contributed by atoms with Gasteiger partial charge in [-0.25, -0.2) is 9.97 Å². The van der Waals surface area contributed by atoms with Crippen molar-refractivity contribution in [2.45, 2.75) is 25.7 Å². The van der Waals surface area contributed by atoms with Crippen molar-refractivity contribution in [2.24, 2.45) is 5.92 Å². The van der Waals surface area contributed by atoms with E-state index < -0.39 is 5.94 Å². The zero-order valence-electron chi connectivity index (χ0n) is 19.4. The lowest BCUT2D eigenvalue weighted by atomic mass is 9.85. The number of aromatic nitrogens is 2. The molecule has 6 nitrogen and oxygen atoms in total. The summed E-state index contributed by atoms with van der Waals surface area (Å²) < 4.78 is 5.45. The molecule has 0 saturated carbocycles. The summed E-state index contributed by atoms with van der Waals surface area (Å²) in [6, 6.07) is 15.8. The Morgan fingerprint density at radius 1 is 1.00 bits per heavy atom. The number of aryl methyl sites for hydroxylation is 1. The van der Waals surface area contributed by atoms with Crippen LogP contribution in [0.4, 0.5) is 11.6 Å². The lowest BCUT2D eigenvalue weighted by Crippen LogP contribution is -2.41. The summed E-state index contributed by atoms with van der Waals surface area (Å²) in [7, 11) is 10.6. The summed E-state index contributed by atoms with van der Waals surface area (Å²) >= 11 is 0. The Labute approximate surface area is 197 Å². The molecular formula is C26H29BN4O2. The molecule has 1 saturated heterocycles. The molecule has 7 heteroatoms. The molecule has 1 aromatic carbocycles. The van der Waals surface area contributed by atoms with Gasteiger partial charge in [0.25, 0.3) is 0 Å². The first-order chi connectivity index (χ1) is 15.9. The summed E-state index contributed by atoms with van der Waals surface area (Å²) in [5.41, 5.74) is 3.94. The van der Waals surface area contributed by atoms with Gasteiger partial charge in [-0.3, -0.25) is 9.69 Å². The van der Waals surface area contributed by atoms with Crippen LogP contribution in [-0.2, 0) is 9.53 Å². The molecular weight excluding hydrogens is 411 g/mol. The fourth-order valence-corrected chi connectivity index (χ4v) is 4.03. The van der Waals surface area contributed by atoms with Crippen LogP contribution < -0.4 is 9.80 Å². The Balaban J connectivity index is 1.61. The Hall–Kier alpha value is -3.19. The molecule has 1 unspecified atom stereocenters. The van der Waals surface area contributed by atoms with E-state index in [1.165, 1.54) is 0 Å². The van der Waals surface area contributed by atoms with Crippen molar-refractivity contribution >= 4 is 25.4 Å². The molecule has 0 N–H and O–H groups in total. The van der Waals surface area contributed by atoms with Crippen LogP contribution >= 0.6 is 0 Å². The van der Waals surface area contributed by atoms with E-state index in [2.05, 4.69) is 16.0 Å². The van der Waals surface area contributed by atoms with Gasteiger partial charge in [0, 0.05) is 57.1 Å². The average Bonchev–Trinajstić information content (AvgIpc) is 2.85. The van der Waals surface area contributed by atoms with Crippen molar-refractivity contribution in [3.63, 3.8) is 0 Å². The maximum Gasteiger partial charge on any atom is 0.231 e. The van der Waals surface area contributed by atoms with E-state index in [-0.39, 0.29) is 11.8 Å². The number of carbonyl (C=O) groups excluding carboxylic acids is 1. The van der Waals surface area contributed by atoms with Gasteiger partial charge in [0.15, 0.2) is 0 Å². The maximum atomic E-state index is 13.5. The minimum absolute atomic E-state index is 0.00329. The summed E-state index contributed by atoms with van der Waals surface area (Å²) in [5.74, 6) is 0.721. The van der Waals surface area contributed by atoms with Crippen molar-refractivity contribution < 1.29 is 9.53 Å². The van der Waals surface area contributed by atoms with Crippen LogP contribution in [0.2, 0.25) is 0 Å². The number of anilines is 2. The predicted octanol–water partition coefficient (Wildman–Crippen LogP) is 4.14. The molecule has 33 heavy (non-hydrogen) atoms. The third-order valence-electron chi connectivity index (χ3n) is 6.03. The monoisotopic (exact) mass is 440 g/mol. The van der Waals surface area contributed by atoms with E-state index in [1.54, 1.807) is 11.1 Å². The van der Waals surface area contributed by atoms with Crippen molar-refractivity contribution in [3.8, 4) is 11.1 Å². The third-order valence-corrected chi connectivity index (χ3v) is 6.03. The van der Waals surface area contributed by atoms with E-state index in [4.69, 9.17) is 12.6 Å². The minimum Gasteiger partial charge on any atom is -0.381 e. The van der Waals surface area contributed by atoms with Gasteiger partial charge in [0.05, 0.1) is 0 Å². The molecule has 0 bridgehead atoms. The average molecular weight is 440 g/mol. The number of amides is 1. The van der Waals surface area contributed by atoms with Gasteiger partial charge in [0.1, 0.15) is 19.5 Å². The van der Waals surface area contributed by atoms with Gasteiger partial charge in [-0.05, 0) is 60.7 Å². The summed E-state index contributed by atoms with van der Waals surface area (Å²) in [5, 5.41) is 0. The van der Waals surface area contributed by atoms with Gasteiger partial charge in [0.2, 0.25) is 5.91 Å². The second-order valence-electron chi connectivity index (χ2n) is 8.65. The lowest BCUT2D eigenvalue weighted by molar-refractivity contribution is -0.125. The molecule has 3 aromatic rings. The van der Waals surface area contributed by atoms with E-state index in [0.717, 1.165) is 28.1 Å². The number of pyridine rings is 2. The van der Waals surface area contributed by atoms with Crippen molar-refractivity contribution in [3.05, 3.63) is 72.1 Å². The molecule has 0 aliphatic carbocycles. The maximum absolute atomic E-state index is 13.5. The fourth-order valence-electron chi connectivity index (χ4n) is 4.03. The number of hydrogen-bond acceptors (Lipinski definition) is 5. The topological polar surface area (TPSA) is 58.6 Å². The Kier molecular flexibility index (Phi) is 7.09. The van der Waals surface area contributed by atoms with E-state index in [1.807, 2.05) is 74.6 Å². The highest BCUT2D eigenvalue weighted by Crippen LogP contribution is 2.30. The SMILES string of the molecule is [B]C(c1ccc(-c2ccc(N(C)C)nc2)cc1)N(C(=O)C1CCOCC1)c1cc(C)ccn1. The molecule has 1 aliphatic rings. The number of nitrogens with zero attached hydrogens (tertiary/aromatic N) is 4. The van der Waals surface area contributed by atoms with Gasteiger partial charge in [-0.15, -0.1) is 0 Å². The number of carbonyl (C=O) groups is 1. The standard InChI is InChI=1S/C26H29BN4O2/c1-18-10-13-28-24(16-18)31(26(32)21-11-14-33-15-12-21)25(27)20-6-4-19(5-7-20)22-8-9-23(29-17-22)30(2)3/h4-10,13,16-17,21,25H,11-12,14-15H2,1-3H3. The van der Waals surface area contributed by atoms with Gasteiger partial charge < -0.3 is 9.64 Å². The number of rotatable bonds is 6. The first-order valence-electron chi connectivity index (χ1n) is 11.3. The van der Waals surface area contributed by atoms with Crippen LogP contribution in [0.1, 0.15) is 29.9 Å². The third kappa shape index (κ3) is 5.25. The van der Waals surface area contributed by atoms with Crippen molar-refractivity contribution in [2.75, 3.05) is 37.1 Å². The van der Waals surface area contributed by atoms with Crippen molar-refractivity contribution in [1.29, 1.82) is 0 Å². The van der Waals surface area contributed by atoms with E-state index >= 15 is 0 Å². The molecule has 3 heterocycles. The zero-order chi connectivity index (χ0) is 23.4. The lowest BCUT2D eigenvalue weighted by Gasteiger charge is -2.34. The van der Waals surface area contributed by atoms with E-state index in [9.17, 15) is 4.79 Å². The molecule has 4 rings (SSSR count). The Bertz CT molecular complexity index is 1080. The molecule has 1 atom stereocenters. The van der Waals surface area contributed by atoms with Gasteiger partial charge >= 0.3 is 0 Å². The van der Waals surface area contributed by atoms with Crippen LogP contribution in [0.5, 0.6) is 0 Å². The molecule has 1 aliphatic heterocycles. The minimum atomic E-state index is -0.641. The first-order valence-corrected chi connectivity index (χ1v) is 11.3. The number of hydrogen-bond donors (Lipinski definition) is 0. The molecule has 0 spiro atoms. The fraction of sp³-hybridized carbons (Fsp3) is 0.346. The van der Waals surface area contributed by atoms with Crippen LogP contribution in [0, 0.1) is 12.8 Å². The zero-order valence-corrected chi connectivity index (χ0v) is 19.4. The van der Waals surface area contributed by atoms with Crippen LogP contribution in [-0.4, -0.2) is 51.0 Å². The summed E-state index contributed by atoms with van der Waals surface area (Å²) in [6.07, 6.45) is 4.97. The molecule has 1 fully saturated rings. The van der Waals surface area contributed by atoms with Gasteiger partial charge in [-0.2, -0.15) is 0 Å². The Morgan fingerprint density at radius 2 is 1.70 bits per heavy atom. The quantitative estimate of drug-likeness (QED) is 0.540. The smallest absolute Gasteiger partial charge is 0.231 e. The second kappa shape index (κ2) is 10.2. The molecule has 1 amide bonds. The molecule has 2 aromatic heterocycles. The highest BCUT2D eigenvalue weighted by Gasteiger charge is 2.31. The number of benzene rings is 1. The highest BCUT2D eigenvalue weighted by atomic mass is 16.5. The Morgan fingerprint density at radius 3 is 2.30 bits per heavy atom.